The molecule has 0 spiro atoms. The number of ether oxygens (including phenoxy) is 1. The number of aryl methyl sites for hydroxylation is 4. The first-order valence-electron chi connectivity index (χ1n) is 9.45. The van der Waals surface area contributed by atoms with Crippen molar-refractivity contribution in [3.05, 3.63) is 109 Å². The van der Waals surface area contributed by atoms with Gasteiger partial charge >= 0.3 is 0 Å². The third-order valence-electron chi connectivity index (χ3n) is 4.66. The van der Waals surface area contributed by atoms with Gasteiger partial charge in [0.2, 0.25) is 11.3 Å². The van der Waals surface area contributed by atoms with E-state index in [4.69, 9.17) is 4.74 Å². The maximum absolute atomic E-state index is 12.9. The van der Waals surface area contributed by atoms with Crippen molar-refractivity contribution in [3.63, 3.8) is 0 Å². The molecular formula is C24H22N2O4. The van der Waals surface area contributed by atoms with Crippen LogP contribution in [0.15, 0.2) is 70.5 Å². The second-order valence-electron chi connectivity index (χ2n) is 7.17. The van der Waals surface area contributed by atoms with Crippen molar-refractivity contribution in [1.29, 1.82) is 0 Å². The Morgan fingerprint density at radius 3 is 2.23 bits per heavy atom. The van der Waals surface area contributed by atoms with Crippen molar-refractivity contribution in [1.82, 2.24) is 0 Å². The number of nitro groups is 1. The van der Waals surface area contributed by atoms with E-state index in [2.05, 4.69) is 4.99 Å². The molecule has 0 aliphatic heterocycles. The molecule has 0 bridgehead atoms. The third-order valence-corrected chi connectivity index (χ3v) is 4.66. The zero-order valence-electron chi connectivity index (χ0n) is 17.3. The quantitative estimate of drug-likeness (QED) is 0.255. The monoisotopic (exact) mass is 402 g/mol. The first-order chi connectivity index (χ1) is 14.3. The van der Waals surface area contributed by atoms with Gasteiger partial charge in [-0.05, 0) is 51.0 Å². The lowest BCUT2D eigenvalue weighted by Crippen LogP contribution is -2.17. The molecule has 0 aliphatic rings. The highest BCUT2D eigenvalue weighted by molar-refractivity contribution is 5.97. The van der Waals surface area contributed by atoms with Gasteiger partial charge in [0.25, 0.3) is 5.69 Å². The molecule has 6 nitrogen and oxygen atoms in total. The van der Waals surface area contributed by atoms with Crippen LogP contribution in [0.4, 0.5) is 11.4 Å². The van der Waals surface area contributed by atoms with Gasteiger partial charge in [-0.1, -0.05) is 42.0 Å². The molecule has 0 heterocycles. The van der Waals surface area contributed by atoms with Gasteiger partial charge in [-0.2, -0.15) is 0 Å². The molecule has 0 saturated carbocycles. The van der Waals surface area contributed by atoms with Gasteiger partial charge in [0.1, 0.15) is 0 Å². The van der Waals surface area contributed by atoms with Gasteiger partial charge in [-0.25, -0.2) is 4.99 Å². The highest BCUT2D eigenvalue weighted by atomic mass is 16.6. The predicted octanol–water partition coefficient (Wildman–Crippen LogP) is 5.35. The van der Waals surface area contributed by atoms with Crippen LogP contribution < -0.4 is 10.2 Å². The van der Waals surface area contributed by atoms with E-state index in [1.165, 1.54) is 12.1 Å². The third kappa shape index (κ3) is 4.60. The molecule has 0 fully saturated rings. The van der Waals surface area contributed by atoms with Gasteiger partial charge in [-0.3, -0.25) is 14.9 Å². The molecule has 0 aliphatic carbocycles. The van der Waals surface area contributed by atoms with E-state index in [9.17, 15) is 14.9 Å². The fourth-order valence-corrected chi connectivity index (χ4v) is 3.11. The highest BCUT2D eigenvalue weighted by Crippen LogP contribution is 2.26. The number of hydrogen-bond donors (Lipinski definition) is 0. The van der Waals surface area contributed by atoms with Crippen molar-refractivity contribution >= 4 is 17.3 Å². The van der Waals surface area contributed by atoms with Crippen molar-refractivity contribution < 1.29 is 9.66 Å². The van der Waals surface area contributed by atoms with Crippen molar-refractivity contribution in [2.24, 2.45) is 4.99 Å². The molecule has 152 valence electrons. The second-order valence-corrected chi connectivity index (χ2v) is 7.17. The van der Waals surface area contributed by atoms with Gasteiger partial charge in [0, 0.05) is 23.3 Å². The van der Waals surface area contributed by atoms with Gasteiger partial charge in [0.15, 0.2) is 5.75 Å². The molecule has 0 atom stereocenters. The van der Waals surface area contributed by atoms with Crippen LogP contribution in [0.1, 0.15) is 27.8 Å². The number of aliphatic imine (C=N–C) groups is 1. The van der Waals surface area contributed by atoms with E-state index in [1.807, 2.05) is 63.2 Å². The van der Waals surface area contributed by atoms with Crippen molar-refractivity contribution in [2.75, 3.05) is 0 Å². The zero-order chi connectivity index (χ0) is 21.8. The highest BCUT2D eigenvalue weighted by Gasteiger charge is 2.15. The normalized spacial score (nSPS) is 11.3. The summed E-state index contributed by atoms with van der Waals surface area (Å²) in [5.74, 6) is 0.383. The smallest absolute Gasteiger partial charge is 0.271 e. The van der Waals surface area contributed by atoms with Crippen LogP contribution in [0.25, 0.3) is 0 Å². The minimum atomic E-state index is -0.468. The maximum Gasteiger partial charge on any atom is 0.271 e. The Labute approximate surface area is 174 Å². The van der Waals surface area contributed by atoms with E-state index in [-0.39, 0.29) is 22.8 Å². The van der Waals surface area contributed by atoms with Crippen LogP contribution in [-0.4, -0.2) is 10.8 Å². The summed E-state index contributed by atoms with van der Waals surface area (Å²) in [5, 5.41) is 11.2. The van der Waals surface area contributed by atoms with Crippen LogP contribution in [-0.2, 0) is 0 Å². The van der Waals surface area contributed by atoms with E-state index in [0.29, 0.717) is 22.4 Å². The second kappa shape index (κ2) is 8.69. The summed E-state index contributed by atoms with van der Waals surface area (Å²) >= 11 is 0. The average molecular weight is 402 g/mol. The number of nitro benzene ring substituents is 1. The molecule has 6 heteroatoms. The Hall–Kier alpha value is -3.80. The number of hydrogen-bond acceptors (Lipinski definition) is 5. The summed E-state index contributed by atoms with van der Waals surface area (Å²) in [6.45, 7) is 7.28. The Bertz CT molecular complexity index is 1200. The van der Waals surface area contributed by atoms with Crippen LogP contribution in [0.5, 0.6) is 5.75 Å². The Morgan fingerprint density at radius 1 is 0.900 bits per heavy atom. The largest absolute Gasteiger partial charge is 0.434 e. The molecule has 3 aromatic rings. The predicted molar refractivity (Wildman–Crippen MR) is 118 cm³/mol. The lowest BCUT2D eigenvalue weighted by atomic mass is 10.1. The number of benzene rings is 2. The lowest BCUT2D eigenvalue weighted by Gasteiger charge is -2.11. The summed E-state index contributed by atoms with van der Waals surface area (Å²) in [5.41, 5.74) is 3.72. The zero-order valence-corrected chi connectivity index (χ0v) is 17.3. The standard InChI is InChI=1S/C24H22N2O4/c1-15-12-17(3)22(27)23(18(4)13-15)30-24(19-8-6-5-7-9-19)25-21-14-20(26(28)29)11-10-16(21)2/h5-14H,1-4H3. The number of non-ortho nitro benzene ring substituents is 1. The fourth-order valence-electron chi connectivity index (χ4n) is 3.11. The lowest BCUT2D eigenvalue weighted by molar-refractivity contribution is -0.384. The van der Waals surface area contributed by atoms with Crippen LogP contribution in [0.2, 0.25) is 0 Å². The first kappa shape index (κ1) is 20.9. The molecule has 3 aromatic carbocycles. The topological polar surface area (TPSA) is 81.8 Å². The summed E-state index contributed by atoms with van der Waals surface area (Å²) in [6, 6.07) is 17.3. The Kier molecular flexibility index (Phi) is 6.06. The van der Waals surface area contributed by atoms with Crippen molar-refractivity contribution in [2.45, 2.75) is 27.7 Å². The molecule has 0 N–H and O–H groups in total. The number of nitrogens with zero attached hydrogens (tertiary/aromatic N) is 2. The SMILES string of the molecule is Cc1cc(C)c(OC(=Nc2cc([N+](=O)[O-])ccc2C)c2ccccc2)c(=O)c(C)c1. The molecule has 0 unspecified atom stereocenters. The van der Waals surface area contributed by atoms with Crippen LogP contribution in [0, 0.1) is 37.8 Å². The number of rotatable bonds is 4. The Balaban J connectivity index is 2.21. The minimum absolute atomic E-state index is 0.0648. The van der Waals surface area contributed by atoms with E-state index in [0.717, 1.165) is 11.1 Å². The molecule has 0 aromatic heterocycles. The van der Waals surface area contributed by atoms with E-state index >= 15 is 0 Å². The van der Waals surface area contributed by atoms with E-state index < -0.39 is 4.92 Å². The summed E-state index contributed by atoms with van der Waals surface area (Å²) in [6.07, 6.45) is 0. The summed E-state index contributed by atoms with van der Waals surface area (Å²) in [4.78, 5) is 28.2. The van der Waals surface area contributed by atoms with Crippen LogP contribution in [0.3, 0.4) is 0 Å². The Morgan fingerprint density at radius 2 is 1.57 bits per heavy atom. The van der Waals surface area contributed by atoms with E-state index in [1.54, 1.807) is 13.0 Å². The maximum atomic E-state index is 12.9. The minimum Gasteiger partial charge on any atom is -0.434 e. The first-order valence-corrected chi connectivity index (χ1v) is 9.45. The van der Waals surface area contributed by atoms with Gasteiger partial charge in [-0.15, -0.1) is 0 Å². The average Bonchev–Trinajstić information content (AvgIpc) is 2.80. The summed E-state index contributed by atoms with van der Waals surface area (Å²) < 4.78 is 6.08. The molecular weight excluding hydrogens is 380 g/mol. The molecule has 3 rings (SSSR count). The molecule has 0 saturated heterocycles. The molecule has 0 radical (unpaired) electrons. The molecule has 30 heavy (non-hydrogen) atoms. The summed E-state index contributed by atoms with van der Waals surface area (Å²) in [7, 11) is 0. The van der Waals surface area contributed by atoms with Crippen molar-refractivity contribution in [3.8, 4) is 5.75 Å². The van der Waals surface area contributed by atoms with Crippen LogP contribution >= 0.6 is 0 Å². The van der Waals surface area contributed by atoms with Gasteiger partial charge in [0.05, 0.1) is 10.6 Å². The fraction of sp³-hybridized carbons (Fsp3) is 0.167. The molecule has 0 amide bonds. The van der Waals surface area contributed by atoms with Gasteiger partial charge < -0.3 is 4.74 Å².